The Hall–Kier alpha value is -2.44. The molecule has 94 valence electrons. The quantitative estimate of drug-likeness (QED) is 0.773. The third kappa shape index (κ3) is 2.45. The smallest absolute Gasteiger partial charge is 0.230 e. The number of hydrogen-bond donors (Lipinski definition) is 3. The van der Waals surface area contributed by atoms with Crippen LogP contribution in [0.4, 0.5) is 20.3 Å². The molecule has 1 aromatic carbocycles. The number of H-pyrrole nitrogens is 1. The summed E-state index contributed by atoms with van der Waals surface area (Å²) < 4.78 is 26.6. The van der Waals surface area contributed by atoms with E-state index in [1.54, 1.807) is 0 Å². The molecule has 0 fully saturated rings. The number of hydrogen-bond acceptors (Lipinski definition) is 3. The van der Waals surface area contributed by atoms with Crippen LogP contribution in [0.25, 0.3) is 0 Å². The molecule has 0 spiro atoms. The first-order chi connectivity index (χ1) is 8.58. The number of anilines is 2. The van der Waals surface area contributed by atoms with Gasteiger partial charge in [0.05, 0.1) is 18.3 Å². The molecule has 0 radical (unpaired) electrons. The number of halogens is 2. The average Bonchev–Trinajstić information content (AvgIpc) is 2.70. The first kappa shape index (κ1) is 12.0. The Balaban J connectivity index is 2.10. The zero-order chi connectivity index (χ0) is 13.1. The highest BCUT2D eigenvalue weighted by Gasteiger charge is 2.14. The van der Waals surface area contributed by atoms with E-state index in [-0.39, 0.29) is 17.1 Å². The number of nitrogens with zero attached hydrogens (tertiary/aromatic N) is 1. The van der Waals surface area contributed by atoms with E-state index in [4.69, 9.17) is 5.73 Å². The van der Waals surface area contributed by atoms with Gasteiger partial charge < -0.3 is 11.1 Å². The van der Waals surface area contributed by atoms with Crippen LogP contribution in [-0.2, 0) is 11.2 Å². The molecule has 1 heterocycles. The Kier molecular flexibility index (Phi) is 3.22. The molecule has 0 bridgehead atoms. The Morgan fingerprint density at radius 2 is 2.06 bits per heavy atom. The van der Waals surface area contributed by atoms with Crippen LogP contribution in [0.15, 0.2) is 24.4 Å². The summed E-state index contributed by atoms with van der Waals surface area (Å²) in [7, 11) is 0. The highest BCUT2D eigenvalue weighted by Crippen LogP contribution is 2.15. The zero-order valence-electron chi connectivity index (χ0n) is 9.21. The highest BCUT2D eigenvalue weighted by molar-refractivity contribution is 5.93. The minimum absolute atomic E-state index is 0.205. The molecule has 0 aliphatic carbocycles. The van der Waals surface area contributed by atoms with Crippen molar-refractivity contribution in [1.29, 1.82) is 0 Å². The fourth-order valence-electron chi connectivity index (χ4n) is 1.44. The molecule has 0 aliphatic rings. The van der Waals surface area contributed by atoms with Gasteiger partial charge in [-0.1, -0.05) is 6.07 Å². The topological polar surface area (TPSA) is 83.8 Å². The Labute approximate surface area is 101 Å². The maximum Gasteiger partial charge on any atom is 0.230 e. The van der Waals surface area contributed by atoms with Crippen molar-refractivity contribution in [3.63, 3.8) is 0 Å². The van der Waals surface area contributed by atoms with Gasteiger partial charge in [0.2, 0.25) is 5.91 Å². The van der Waals surface area contributed by atoms with Crippen molar-refractivity contribution in [2.75, 3.05) is 11.1 Å². The fourth-order valence-corrected chi connectivity index (χ4v) is 1.44. The number of carbonyl (C=O) groups is 1. The number of amides is 1. The Bertz CT molecular complexity index is 562. The third-order valence-corrected chi connectivity index (χ3v) is 2.33. The van der Waals surface area contributed by atoms with E-state index in [0.29, 0.717) is 0 Å². The van der Waals surface area contributed by atoms with E-state index >= 15 is 0 Å². The summed E-state index contributed by atoms with van der Waals surface area (Å²) in [6.07, 6.45) is 0.899. The van der Waals surface area contributed by atoms with E-state index in [0.717, 1.165) is 12.1 Å². The highest BCUT2D eigenvalue weighted by atomic mass is 19.1. The van der Waals surface area contributed by atoms with Gasteiger partial charge in [-0.05, 0) is 12.1 Å². The number of nitrogens with one attached hydrogen (secondary N) is 2. The fraction of sp³-hybridized carbons (Fsp3) is 0.0909. The second kappa shape index (κ2) is 4.82. The number of aromatic amines is 1. The van der Waals surface area contributed by atoms with Crippen molar-refractivity contribution in [2.45, 2.75) is 6.42 Å². The molecule has 2 aromatic rings. The summed E-state index contributed by atoms with van der Waals surface area (Å²) >= 11 is 0. The van der Waals surface area contributed by atoms with Crippen LogP contribution in [0.3, 0.4) is 0 Å². The standard InChI is InChI=1S/C11H10F2N4O/c12-7-2-1-3-8(13)6(7)4-10(18)16-11-9(14)5-15-17-11/h1-3,5H,4,14H2,(H2,15,16,17,18). The van der Waals surface area contributed by atoms with E-state index in [1.165, 1.54) is 12.3 Å². The lowest BCUT2D eigenvalue weighted by atomic mass is 10.1. The van der Waals surface area contributed by atoms with Crippen LogP contribution in [0.2, 0.25) is 0 Å². The van der Waals surface area contributed by atoms with Crippen molar-refractivity contribution in [3.8, 4) is 0 Å². The monoisotopic (exact) mass is 252 g/mol. The van der Waals surface area contributed by atoms with Gasteiger partial charge in [0.15, 0.2) is 5.82 Å². The van der Waals surface area contributed by atoms with Crippen molar-refractivity contribution >= 4 is 17.4 Å². The van der Waals surface area contributed by atoms with Crippen LogP contribution in [-0.4, -0.2) is 16.1 Å². The van der Waals surface area contributed by atoms with Crippen LogP contribution in [0.1, 0.15) is 5.56 Å². The minimum Gasteiger partial charge on any atom is -0.394 e. The van der Waals surface area contributed by atoms with Gasteiger partial charge in [0.25, 0.3) is 0 Å². The van der Waals surface area contributed by atoms with Crippen molar-refractivity contribution in [1.82, 2.24) is 10.2 Å². The van der Waals surface area contributed by atoms with Gasteiger partial charge in [-0.2, -0.15) is 5.10 Å². The first-order valence-corrected chi connectivity index (χ1v) is 5.09. The maximum atomic E-state index is 13.3. The molecule has 4 N–H and O–H groups in total. The number of benzene rings is 1. The van der Waals surface area contributed by atoms with E-state index < -0.39 is 24.0 Å². The van der Waals surface area contributed by atoms with Gasteiger partial charge in [0, 0.05) is 5.56 Å². The van der Waals surface area contributed by atoms with E-state index in [2.05, 4.69) is 15.5 Å². The lowest BCUT2D eigenvalue weighted by Gasteiger charge is -2.05. The van der Waals surface area contributed by atoms with Crippen LogP contribution >= 0.6 is 0 Å². The summed E-state index contributed by atoms with van der Waals surface area (Å²) in [4.78, 5) is 11.6. The predicted octanol–water partition coefficient (Wildman–Crippen LogP) is 1.45. The summed E-state index contributed by atoms with van der Waals surface area (Å²) in [5, 5.41) is 8.44. The zero-order valence-corrected chi connectivity index (χ0v) is 9.21. The summed E-state index contributed by atoms with van der Waals surface area (Å²) in [6, 6.07) is 3.42. The van der Waals surface area contributed by atoms with Crippen molar-refractivity contribution < 1.29 is 13.6 Å². The van der Waals surface area contributed by atoms with Crippen LogP contribution in [0.5, 0.6) is 0 Å². The number of aromatic nitrogens is 2. The molecule has 18 heavy (non-hydrogen) atoms. The Morgan fingerprint density at radius 1 is 1.39 bits per heavy atom. The normalized spacial score (nSPS) is 10.3. The number of carbonyl (C=O) groups excluding carboxylic acids is 1. The van der Waals surface area contributed by atoms with Gasteiger partial charge >= 0.3 is 0 Å². The molecule has 1 aromatic heterocycles. The maximum absolute atomic E-state index is 13.3. The molecule has 1 amide bonds. The lowest BCUT2D eigenvalue weighted by Crippen LogP contribution is -2.17. The van der Waals surface area contributed by atoms with E-state index in [9.17, 15) is 13.6 Å². The van der Waals surface area contributed by atoms with Crippen molar-refractivity contribution in [3.05, 3.63) is 41.6 Å². The largest absolute Gasteiger partial charge is 0.394 e. The molecular formula is C11H10F2N4O. The van der Waals surface area contributed by atoms with Gasteiger partial charge in [0.1, 0.15) is 11.6 Å². The SMILES string of the molecule is Nc1cn[nH]c1NC(=O)Cc1c(F)cccc1F. The minimum atomic E-state index is -0.761. The molecule has 0 saturated carbocycles. The Morgan fingerprint density at radius 3 is 2.61 bits per heavy atom. The summed E-state index contributed by atoms with van der Waals surface area (Å²) in [5.41, 5.74) is 5.45. The van der Waals surface area contributed by atoms with Gasteiger partial charge in [-0.3, -0.25) is 9.89 Å². The second-order valence-corrected chi connectivity index (χ2v) is 3.63. The van der Waals surface area contributed by atoms with Gasteiger partial charge in [-0.25, -0.2) is 8.78 Å². The number of nitrogen functional groups attached to an aromatic ring is 1. The molecule has 7 heteroatoms. The molecular weight excluding hydrogens is 242 g/mol. The molecule has 0 aliphatic heterocycles. The predicted molar refractivity (Wildman–Crippen MR) is 61.7 cm³/mol. The average molecular weight is 252 g/mol. The third-order valence-electron chi connectivity index (χ3n) is 2.33. The molecule has 0 unspecified atom stereocenters. The first-order valence-electron chi connectivity index (χ1n) is 5.09. The van der Waals surface area contributed by atoms with Crippen molar-refractivity contribution in [2.24, 2.45) is 0 Å². The van der Waals surface area contributed by atoms with Crippen LogP contribution < -0.4 is 11.1 Å². The molecule has 0 saturated heterocycles. The number of rotatable bonds is 3. The van der Waals surface area contributed by atoms with Gasteiger partial charge in [-0.15, -0.1) is 0 Å². The number of nitrogens with two attached hydrogens (primary N) is 1. The summed E-state index contributed by atoms with van der Waals surface area (Å²) in [5.74, 6) is -1.91. The lowest BCUT2D eigenvalue weighted by molar-refractivity contribution is -0.115. The molecule has 0 atom stereocenters. The second-order valence-electron chi connectivity index (χ2n) is 3.63. The molecule has 5 nitrogen and oxygen atoms in total. The van der Waals surface area contributed by atoms with Crippen LogP contribution in [0, 0.1) is 11.6 Å². The molecule has 2 rings (SSSR count). The summed E-state index contributed by atoms with van der Waals surface area (Å²) in [6.45, 7) is 0. The van der Waals surface area contributed by atoms with E-state index in [1.807, 2.05) is 0 Å².